The first-order chi connectivity index (χ1) is 9.70. The second kappa shape index (κ2) is 7.26. The van der Waals surface area contributed by atoms with Crippen molar-refractivity contribution >= 4 is 11.6 Å². The van der Waals surface area contributed by atoms with E-state index in [2.05, 4.69) is 46.3 Å². The molecule has 1 fully saturated rings. The molecule has 1 aliphatic heterocycles. The Morgan fingerprint density at radius 1 is 1.25 bits per heavy atom. The molecular formula is C15H23N3O2. The van der Waals surface area contributed by atoms with E-state index in [1.807, 2.05) is 6.07 Å². The fourth-order valence-corrected chi connectivity index (χ4v) is 2.51. The molecule has 0 radical (unpaired) electrons. The van der Waals surface area contributed by atoms with Gasteiger partial charge < -0.3 is 15.3 Å². The second-order valence-corrected chi connectivity index (χ2v) is 5.17. The number of nitrogens with one attached hydrogen (secondary N) is 1. The number of hydrogen-bond donors (Lipinski definition) is 2. The predicted molar refractivity (Wildman–Crippen MR) is 79.8 cm³/mol. The molecule has 1 amide bonds. The van der Waals surface area contributed by atoms with Crippen LogP contribution in [0.4, 0.5) is 5.69 Å². The highest BCUT2D eigenvalue weighted by atomic mass is 16.3. The lowest BCUT2D eigenvalue weighted by molar-refractivity contribution is -0.124. The summed E-state index contributed by atoms with van der Waals surface area (Å²) in [7, 11) is 0. The van der Waals surface area contributed by atoms with E-state index in [4.69, 9.17) is 5.11 Å². The van der Waals surface area contributed by atoms with Gasteiger partial charge in [-0.05, 0) is 19.1 Å². The molecule has 1 unspecified atom stereocenters. The highest BCUT2D eigenvalue weighted by Gasteiger charge is 2.21. The number of carbonyl (C=O) groups is 1. The van der Waals surface area contributed by atoms with E-state index in [9.17, 15) is 4.79 Å². The number of benzene rings is 1. The van der Waals surface area contributed by atoms with E-state index >= 15 is 0 Å². The van der Waals surface area contributed by atoms with E-state index in [1.165, 1.54) is 5.69 Å². The smallest absolute Gasteiger partial charge is 0.245 e. The SMILES string of the molecule is CC(CNC(=O)CO)N1CCN(c2ccccc2)CC1. The Morgan fingerprint density at radius 2 is 1.90 bits per heavy atom. The van der Waals surface area contributed by atoms with Gasteiger partial charge in [-0.2, -0.15) is 0 Å². The molecule has 20 heavy (non-hydrogen) atoms. The molecule has 1 saturated heterocycles. The molecule has 0 bridgehead atoms. The van der Waals surface area contributed by atoms with Crippen molar-refractivity contribution in [2.24, 2.45) is 0 Å². The van der Waals surface area contributed by atoms with Crippen LogP contribution in [0, 0.1) is 0 Å². The summed E-state index contributed by atoms with van der Waals surface area (Å²) in [5.74, 6) is -0.306. The lowest BCUT2D eigenvalue weighted by atomic mass is 10.2. The van der Waals surface area contributed by atoms with E-state index in [1.54, 1.807) is 0 Å². The molecule has 0 aliphatic carbocycles. The van der Waals surface area contributed by atoms with Gasteiger partial charge >= 0.3 is 0 Å². The fraction of sp³-hybridized carbons (Fsp3) is 0.533. The van der Waals surface area contributed by atoms with Crippen LogP contribution in [0.1, 0.15) is 6.92 Å². The van der Waals surface area contributed by atoms with Gasteiger partial charge in [0.05, 0.1) is 0 Å². The number of anilines is 1. The van der Waals surface area contributed by atoms with Crippen LogP contribution in [0.15, 0.2) is 30.3 Å². The zero-order chi connectivity index (χ0) is 14.4. The zero-order valence-corrected chi connectivity index (χ0v) is 12.0. The van der Waals surface area contributed by atoms with Crippen molar-refractivity contribution in [1.82, 2.24) is 10.2 Å². The first kappa shape index (κ1) is 14.8. The molecule has 2 rings (SSSR count). The minimum Gasteiger partial charge on any atom is -0.387 e. The normalized spacial score (nSPS) is 17.8. The maximum Gasteiger partial charge on any atom is 0.245 e. The van der Waals surface area contributed by atoms with Gasteiger partial charge in [0.25, 0.3) is 0 Å². The highest BCUT2D eigenvalue weighted by Crippen LogP contribution is 2.16. The molecule has 1 atom stereocenters. The number of nitrogens with zero attached hydrogens (tertiary/aromatic N) is 2. The van der Waals surface area contributed by atoms with Gasteiger partial charge in [-0.15, -0.1) is 0 Å². The van der Waals surface area contributed by atoms with E-state index in [0.717, 1.165) is 26.2 Å². The predicted octanol–water partition coefficient (Wildman–Crippen LogP) is 0.306. The second-order valence-electron chi connectivity index (χ2n) is 5.17. The van der Waals surface area contributed by atoms with Crippen LogP contribution in [0.2, 0.25) is 0 Å². The number of aliphatic hydroxyl groups is 1. The van der Waals surface area contributed by atoms with Crippen LogP contribution in [-0.2, 0) is 4.79 Å². The summed E-state index contributed by atoms with van der Waals surface area (Å²) >= 11 is 0. The molecule has 1 aliphatic rings. The molecule has 0 saturated carbocycles. The molecule has 5 nitrogen and oxygen atoms in total. The van der Waals surface area contributed by atoms with Gasteiger partial charge in [0.1, 0.15) is 6.61 Å². The number of carbonyl (C=O) groups excluding carboxylic acids is 1. The average Bonchev–Trinajstić information content (AvgIpc) is 2.53. The van der Waals surface area contributed by atoms with Crippen molar-refractivity contribution < 1.29 is 9.90 Å². The maximum absolute atomic E-state index is 11.0. The van der Waals surface area contributed by atoms with Gasteiger partial charge in [-0.25, -0.2) is 0 Å². The molecule has 110 valence electrons. The van der Waals surface area contributed by atoms with Crippen molar-refractivity contribution in [3.63, 3.8) is 0 Å². The van der Waals surface area contributed by atoms with Crippen molar-refractivity contribution in [3.8, 4) is 0 Å². The summed E-state index contributed by atoms with van der Waals surface area (Å²) in [5.41, 5.74) is 1.27. The molecule has 2 N–H and O–H groups in total. The minimum absolute atomic E-state index is 0.295. The Kier molecular flexibility index (Phi) is 5.38. The van der Waals surface area contributed by atoms with Crippen LogP contribution in [-0.4, -0.2) is 61.3 Å². The van der Waals surface area contributed by atoms with Gasteiger partial charge in [-0.3, -0.25) is 9.69 Å². The summed E-state index contributed by atoms with van der Waals surface area (Å²) in [4.78, 5) is 15.8. The number of rotatable bonds is 5. The van der Waals surface area contributed by atoms with Gasteiger partial charge in [-0.1, -0.05) is 18.2 Å². The summed E-state index contributed by atoms with van der Waals surface area (Å²) < 4.78 is 0. The molecule has 5 heteroatoms. The Morgan fingerprint density at radius 3 is 2.50 bits per heavy atom. The number of piperazine rings is 1. The monoisotopic (exact) mass is 277 g/mol. The molecular weight excluding hydrogens is 254 g/mol. The first-order valence-electron chi connectivity index (χ1n) is 7.12. The summed E-state index contributed by atoms with van der Waals surface area (Å²) in [5, 5.41) is 11.4. The summed E-state index contributed by atoms with van der Waals surface area (Å²) in [6, 6.07) is 10.7. The van der Waals surface area contributed by atoms with Crippen LogP contribution in [0.25, 0.3) is 0 Å². The summed E-state index contributed by atoms with van der Waals surface area (Å²) in [6.07, 6.45) is 0. The number of aliphatic hydroxyl groups excluding tert-OH is 1. The highest BCUT2D eigenvalue weighted by molar-refractivity contribution is 5.76. The standard InChI is InChI=1S/C15H23N3O2/c1-13(11-16-15(20)12-19)17-7-9-18(10-8-17)14-5-3-2-4-6-14/h2-6,13,19H,7-12H2,1H3,(H,16,20). The molecule has 1 heterocycles. The Balaban J connectivity index is 1.77. The van der Waals surface area contributed by atoms with E-state index in [-0.39, 0.29) is 5.91 Å². The van der Waals surface area contributed by atoms with Crippen molar-refractivity contribution in [3.05, 3.63) is 30.3 Å². The topological polar surface area (TPSA) is 55.8 Å². The number of amides is 1. The largest absolute Gasteiger partial charge is 0.387 e. The van der Waals surface area contributed by atoms with E-state index < -0.39 is 6.61 Å². The van der Waals surface area contributed by atoms with Crippen LogP contribution >= 0.6 is 0 Å². The molecule has 1 aromatic carbocycles. The molecule has 1 aromatic rings. The average molecular weight is 277 g/mol. The van der Waals surface area contributed by atoms with Gasteiger partial charge in [0, 0.05) is 44.5 Å². The Bertz CT molecular complexity index is 416. The van der Waals surface area contributed by atoms with Crippen molar-refractivity contribution in [2.45, 2.75) is 13.0 Å². The van der Waals surface area contributed by atoms with Crippen molar-refractivity contribution in [1.29, 1.82) is 0 Å². The lowest BCUT2D eigenvalue weighted by Gasteiger charge is -2.39. The Labute approximate surface area is 120 Å². The van der Waals surface area contributed by atoms with Gasteiger partial charge in [0.2, 0.25) is 5.91 Å². The van der Waals surface area contributed by atoms with E-state index in [0.29, 0.717) is 12.6 Å². The summed E-state index contributed by atoms with van der Waals surface area (Å²) in [6.45, 7) is 6.25. The van der Waals surface area contributed by atoms with Crippen molar-refractivity contribution in [2.75, 3.05) is 44.2 Å². The molecule has 0 spiro atoms. The number of hydrogen-bond acceptors (Lipinski definition) is 4. The third-order valence-electron chi connectivity index (χ3n) is 3.80. The third-order valence-corrected chi connectivity index (χ3v) is 3.80. The van der Waals surface area contributed by atoms with Crippen LogP contribution < -0.4 is 10.2 Å². The maximum atomic E-state index is 11.0. The zero-order valence-electron chi connectivity index (χ0n) is 12.0. The lowest BCUT2D eigenvalue weighted by Crippen LogP contribution is -2.52. The Hall–Kier alpha value is -1.59. The molecule has 0 aromatic heterocycles. The van der Waals surface area contributed by atoms with Crippen LogP contribution in [0.3, 0.4) is 0 Å². The minimum atomic E-state index is -0.436. The quantitative estimate of drug-likeness (QED) is 0.813. The number of para-hydroxylation sites is 1. The van der Waals surface area contributed by atoms with Gasteiger partial charge in [0.15, 0.2) is 0 Å². The van der Waals surface area contributed by atoms with Crippen LogP contribution in [0.5, 0.6) is 0 Å². The first-order valence-corrected chi connectivity index (χ1v) is 7.12. The third kappa shape index (κ3) is 3.95. The fourth-order valence-electron chi connectivity index (χ4n) is 2.51.